The summed E-state index contributed by atoms with van der Waals surface area (Å²) in [6.45, 7) is 26.0. The van der Waals surface area contributed by atoms with E-state index in [4.69, 9.17) is 0 Å². The average molecular weight is 1190 g/mol. The van der Waals surface area contributed by atoms with Crippen LogP contribution >= 0.6 is 0 Å². The van der Waals surface area contributed by atoms with Gasteiger partial charge in [0.1, 0.15) is 0 Å². The molecule has 0 spiro atoms. The Hall–Kier alpha value is -4.17. The Morgan fingerprint density at radius 2 is 0.627 bits per heavy atom. The highest BCUT2D eigenvalue weighted by atomic mass is 19.5. The summed E-state index contributed by atoms with van der Waals surface area (Å²) in [5.74, 6) is -30.3. The molecule has 0 aromatic rings. The van der Waals surface area contributed by atoms with Crippen molar-refractivity contribution in [3.63, 3.8) is 0 Å². The zero-order valence-electron chi connectivity index (χ0n) is 36.7. The highest BCUT2D eigenvalue weighted by Gasteiger charge is 2.98. The fourth-order valence-corrected chi connectivity index (χ4v) is 5.23. The first-order valence-electron chi connectivity index (χ1n) is 18.5. The quantitative estimate of drug-likeness (QED) is 0.0867. The second-order valence-electron chi connectivity index (χ2n) is 14.4. The molecule has 0 amide bonds. The topological polar surface area (TPSA) is 13.0 Å². The molecular weight excluding hydrogens is 1150 g/mol. The number of nitrogens with zero attached hydrogens (tertiary/aromatic N) is 4. The molecule has 0 radical (unpaired) electrons. The summed E-state index contributed by atoms with van der Waals surface area (Å²) in [6.07, 6.45) is -20.0. The zero-order valence-corrected chi connectivity index (χ0v) is 36.7. The van der Waals surface area contributed by atoms with Crippen molar-refractivity contribution in [2.24, 2.45) is 0 Å². The molecule has 0 aliphatic carbocycles. The maximum absolute atomic E-state index is 13.5. The molecule has 0 N–H and O–H groups in total. The lowest BCUT2D eigenvalue weighted by atomic mass is 9.84. The first kappa shape index (κ1) is 75.1. The van der Waals surface area contributed by atoms with Crippen molar-refractivity contribution in [1.29, 1.82) is 0 Å². The Labute approximate surface area is 398 Å². The predicted molar refractivity (Wildman–Crippen MR) is 191 cm³/mol. The lowest BCUT2D eigenvalue weighted by Crippen LogP contribution is -2.86. The normalized spacial score (nSPS) is 23.6. The number of rotatable bonds is 16. The third-order valence-electron chi connectivity index (χ3n) is 8.83. The molecule has 2 saturated heterocycles. The summed E-state index contributed by atoms with van der Waals surface area (Å²) >= 11 is 0. The summed E-state index contributed by atoms with van der Waals surface area (Å²) in [5.41, 5.74) is -12.9. The van der Waals surface area contributed by atoms with Crippen LogP contribution in [0.2, 0.25) is 0 Å². The van der Waals surface area contributed by atoms with E-state index in [1.54, 1.807) is 0 Å². The van der Waals surface area contributed by atoms with Crippen LogP contribution in [0.3, 0.4) is 0 Å². The number of halogens is 35. The Morgan fingerprint density at radius 1 is 0.387 bits per heavy atom. The number of hydrogen-bond acceptors (Lipinski definition) is 4. The summed E-state index contributed by atoms with van der Waals surface area (Å²) in [4.78, 5) is -3.48. The van der Waals surface area contributed by atoms with E-state index in [-0.39, 0.29) is 0 Å². The van der Waals surface area contributed by atoms with E-state index >= 15 is 0 Å². The van der Waals surface area contributed by atoms with E-state index in [9.17, 15) is 154 Å². The van der Waals surface area contributed by atoms with E-state index < -0.39 is 119 Å². The predicted octanol–water partition coefficient (Wildman–Crippen LogP) is 15.4. The fourth-order valence-electron chi connectivity index (χ4n) is 5.23. The molecule has 2 aliphatic rings. The first-order valence-corrected chi connectivity index (χ1v) is 18.5. The molecule has 2 unspecified atom stereocenters. The van der Waals surface area contributed by atoms with Gasteiger partial charge in [-0.05, 0) is 6.92 Å². The van der Waals surface area contributed by atoms with E-state index in [0.29, 0.717) is 0 Å². The van der Waals surface area contributed by atoms with Gasteiger partial charge in [-0.1, -0.05) is 36.5 Å². The van der Waals surface area contributed by atoms with Crippen LogP contribution in [0, 0.1) is 0 Å². The minimum atomic E-state index is -7.98. The van der Waals surface area contributed by atoms with Crippen molar-refractivity contribution < 1.29 is 154 Å². The monoisotopic (exact) mass is 1190 g/mol. The minimum Gasteiger partial charge on any atom is -0.292 e. The molecule has 2 rings (SSSR count). The lowest BCUT2D eigenvalue weighted by Gasteiger charge is -2.55. The highest BCUT2D eigenvalue weighted by molar-refractivity contribution is 5.19. The molecule has 75 heavy (non-hydrogen) atoms. The van der Waals surface area contributed by atoms with Crippen molar-refractivity contribution >= 4 is 0 Å². The summed E-state index contributed by atoms with van der Waals surface area (Å²) in [7, 11) is 0. The SMILES string of the molecule is C=CCN(CC=C)CC=C.C=CCN(CC=C)CC=C.CC1(F)C(F)(F)N(C(F)(F)C(F)(F)C(F)(F)F)C(F)(F)C(F)(F)C1(F)F.FC(F)(F)F.FC1(F)CC(F)(C(F)(F)F)C(F)(F)N1C(F)(F)C(F)(F)C(F)(F)F. The summed E-state index contributed by atoms with van der Waals surface area (Å²) in [6, 6.07) is -44.2. The first-order chi connectivity index (χ1) is 32.6. The second kappa shape index (κ2) is 24.2. The van der Waals surface area contributed by atoms with Crippen molar-refractivity contribution in [3.8, 4) is 0 Å². The lowest BCUT2D eigenvalue weighted by molar-refractivity contribution is -0.538. The molecule has 0 aromatic heterocycles. The van der Waals surface area contributed by atoms with Crippen molar-refractivity contribution in [1.82, 2.24) is 19.6 Å². The number of piperidine rings is 1. The van der Waals surface area contributed by atoms with Gasteiger partial charge in [0, 0.05) is 39.3 Å². The van der Waals surface area contributed by atoms with Crippen molar-refractivity contribution in [3.05, 3.63) is 75.9 Å². The molecule has 2 heterocycles. The van der Waals surface area contributed by atoms with Gasteiger partial charge in [-0.15, -0.1) is 66.8 Å². The van der Waals surface area contributed by atoms with Gasteiger partial charge in [0.2, 0.25) is 0 Å². The van der Waals surface area contributed by atoms with Gasteiger partial charge >= 0.3 is 84.9 Å². The Morgan fingerprint density at radius 3 is 0.827 bits per heavy atom. The van der Waals surface area contributed by atoms with E-state index in [0.717, 1.165) is 39.3 Å². The largest absolute Gasteiger partial charge is 0.559 e. The van der Waals surface area contributed by atoms with Gasteiger partial charge in [0.15, 0.2) is 0 Å². The van der Waals surface area contributed by atoms with E-state index in [2.05, 4.69) is 49.3 Å². The minimum absolute atomic E-state index is 0.901. The Bertz CT molecular complexity index is 1760. The van der Waals surface area contributed by atoms with Crippen LogP contribution in [0.1, 0.15) is 13.3 Å². The van der Waals surface area contributed by atoms with Gasteiger partial charge in [0.05, 0.1) is 6.42 Å². The van der Waals surface area contributed by atoms with Crippen molar-refractivity contribution in [2.75, 3.05) is 39.3 Å². The van der Waals surface area contributed by atoms with Gasteiger partial charge in [-0.25, -0.2) is 8.78 Å². The third-order valence-corrected chi connectivity index (χ3v) is 8.83. The summed E-state index contributed by atoms with van der Waals surface area (Å²) < 4.78 is 435. The van der Waals surface area contributed by atoms with Crippen LogP contribution in [0.4, 0.5) is 154 Å². The van der Waals surface area contributed by atoms with Gasteiger partial charge in [-0.3, -0.25) is 9.80 Å². The number of likely N-dealkylation sites (tertiary alicyclic amines) is 2. The van der Waals surface area contributed by atoms with Gasteiger partial charge < -0.3 is 0 Å². The number of alkyl halides is 35. The van der Waals surface area contributed by atoms with Crippen LogP contribution in [-0.2, 0) is 0 Å². The van der Waals surface area contributed by atoms with Crippen LogP contribution in [0.5, 0.6) is 0 Å². The molecule has 4 nitrogen and oxygen atoms in total. The van der Waals surface area contributed by atoms with Gasteiger partial charge in [0.25, 0.3) is 11.3 Å². The van der Waals surface area contributed by atoms with Crippen LogP contribution in [0.15, 0.2) is 75.9 Å². The van der Waals surface area contributed by atoms with E-state index in [1.807, 2.05) is 36.5 Å². The molecule has 0 saturated carbocycles. The van der Waals surface area contributed by atoms with Gasteiger partial charge in [-0.2, -0.15) is 127 Å². The molecule has 444 valence electrons. The van der Waals surface area contributed by atoms with E-state index in [1.165, 1.54) is 0 Å². The molecule has 39 heteroatoms. The maximum atomic E-state index is 13.5. The Kier molecular flexibility index (Phi) is 24.3. The highest BCUT2D eigenvalue weighted by Crippen LogP contribution is 2.68. The molecular formula is C36H35F35N4. The third kappa shape index (κ3) is 15.1. The van der Waals surface area contributed by atoms with Crippen LogP contribution < -0.4 is 0 Å². The molecule has 0 bridgehead atoms. The van der Waals surface area contributed by atoms with Crippen molar-refractivity contribution in [2.45, 2.75) is 110 Å². The average Bonchev–Trinajstić information content (AvgIpc) is 3.32. The maximum Gasteiger partial charge on any atom is 0.559 e. The second-order valence-corrected chi connectivity index (χ2v) is 14.4. The standard InChI is InChI=1S/C9H3F16N.2C9H15N.C8H2F15N.CF4/c1-2(10)3(11,12)4(13,14)8(22,23)26(7(2,20)21)9(24,25)5(15,16)6(17,18)19;2*1-4-7-10(8-5-2)9-6-3;9-2(5(14,15)16)1-3(10,11)24(7(2,20)21)8(22,23)4(12,13)6(17,18)19;2-1(3,4)5/h1H3;2*4-6H,1-3,7-9H2;1H2;. The molecule has 0 aromatic carbocycles. The molecule has 2 fully saturated rings. The summed E-state index contributed by atoms with van der Waals surface area (Å²) in [5, 5.41) is 0. The van der Waals surface area contributed by atoms with Crippen LogP contribution in [0.25, 0.3) is 0 Å². The molecule has 2 atom stereocenters. The fraction of sp³-hybridized carbons (Fsp3) is 0.667. The Balaban J connectivity index is -0.000000961. The number of hydrogen-bond donors (Lipinski definition) is 0. The van der Waals surface area contributed by atoms with Crippen LogP contribution in [-0.4, -0.2) is 155 Å². The smallest absolute Gasteiger partial charge is 0.292 e. The zero-order chi connectivity index (χ0) is 61.5. The molecule has 2 aliphatic heterocycles.